The number of carbonyl (C=O) groups excluding carboxylic acids is 2. The number of likely N-dealkylation sites (N-methyl/N-ethyl adjacent to an activating group) is 1. The third-order valence-corrected chi connectivity index (χ3v) is 6.27. The van der Waals surface area contributed by atoms with Crippen molar-refractivity contribution in [2.75, 3.05) is 31.6 Å². The predicted molar refractivity (Wildman–Crippen MR) is 134 cm³/mol. The van der Waals surface area contributed by atoms with Gasteiger partial charge in [-0.15, -0.1) is 0 Å². The number of ether oxygens (including phenoxy) is 2. The number of anilines is 1. The minimum Gasteiger partial charge on any atom is -0.462 e. The summed E-state index contributed by atoms with van der Waals surface area (Å²) < 4.78 is 26.8. The van der Waals surface area contributed by atoms with E-state index in [1.54, 1.807) is 31.9 Å². The van der Waals surface area contributed by atoms with E-state index in [1.807, 2.05) is 30.3 Å². The van der Waals surface area contributed by atoms with Crippen LogP contribution in [0.4, 0.5) is 14.9 Å². The van der Waals surface area contributed by atoms with E-state index in [0.29, 0.717) is 23.3 Å². The molecule has 0 bridgehead atoms. The van der Waals surface area contributed by atoms with E-state index in [-0.39, 0.29) is 31.2 Å². The van der Waals surface area contributed by atoms with Gasteiger partial charge >= 0.3 is 12.1 Å². The molecule has 9 heteroatoms. The fourth-order valence-electron chi connectivity index (χ4n) is 4.38. The number of esters is 1. The molecule has 1 N–H and O–H groups in total. The van der Waals surface area contributed by atoms with Crippen LogP contribution in [0, 0.1) is 12.7 Å². The van der Waals surface area contributed by atoms with Crippen LogP contribution in [0.5, 0.6) is 0 Å². The average Bonchev–Trinajstić information content (AvgIpc) is 3.69. The van der Waals surface area contributed by atoms with Gasteiger partial charge in [0, 0.05) is 20.1 Å². The summed E-state index contributed by atoms with van der Waals surface area (Å²) in [6.45, 7) is 4.29. The molecule has 2 heterocycles. The highest BCUT2D eigenvalue weighted by atomic mass is 19.1. The van der Waals surface area contributed by atoms with Crippen LogP contribution in [0.15, 0.2) is 47.4 Å². The number of halogens is 1. The maximum Gasteiger partial charge on any atom is 0.407 e. The number of pyridine rings is 2. The van der Waals surface area contributed by atoms with Crippen LogP contribution in [0.1, 0.15) is 52.7 Å². The first-order valence-electron chi connectivity index (χ1n) is 12.0. The molecule has 1 aliphatic rings. The van der Waals surface area contributed by atoms with Gasteiger partial charge in [0.25, 0.3) is 5.56 Å². The molecule has 0 radical (unpaired) electrons. The number of benzene rings is 1. The van der Waals surface area contributed by atoms with E-state index < -0.39 is 23.4 Å². The van der Waals surface area contributed by atoms with Crippen molar-refractivity contribution >= 4 is 23.3 Å². The maximum atomic E-state index is 15.3. The van der Waals surface area contributed by atoms with E-state index >= 15 is 4.39 Å². The summed E-state index contributed by atoms with van der Waals surface area (Å²) in [4.78, 5) is 39.2. The van der Waals surface area contributed by atoms with Gasteiger partial charge in [-0.05, 0) is 55.4 Å². The van der Waals surface area contributed by atoms with Gasteiger partial charge in [-0.2, -0.15) is 0 Å². The Balaban J connectivity index is 1.53. The van der Waals surface area contributed by atoms with Crippen LogP contribution in [0.25, 0.3) is 5.52 Å². The molecule has 0 unspecified atom stereocenters. The van der Waals surface area contributed by atoms with E-state index in [2.05, 4.69) is 5.32 Å². The number of rotatable bonds is 9. The highest BCUT2D eigenvalue weighted by molar-refractivity contribution is 5.90. The number of hydrogen-bond donors (Lipinski definition) is 1. The summed E-state index contributed by atoms with van der Waals surface area (Å²) in [5.41, 5.74) is 2.56. The molecule has 0 atom stereocenters. The zero-order valence-corrected chi connectivity index (χ0v) is 20.7. The molecular formula is C27H30FN3O5. The van der Waals surface area contributed by atoms with Gasteiger partial charge < -0.3 is 19.7 Å². The van der Waals surface area contributed by atoms with E-state index in [1.165, 1.54) is 4.40 Å². The quantitative estimate of drug-likeness (QED) is 0.449. The Morgan fingerprint density at radius 1 is 1.19 bits per heavy atom. The first-order chi connectivity index (χ1) is 17.3. The SMILES string of the molecule is CCOC(=O)c1cc(C2CC2)c2c(C)c(N(C)CCNC(=O)OCc3ccccc3)c(F)cn2c1=O. The molecule has 1 amide bonds. The molecular weight excluding hydrogens is 465 g/mol. The molecule has 36 heavy (non-hydrogen) atoms. The van der Waals surface area contributed by atoms with Crippen molar-refractivity contribution in [1.82, 2.24) is 9.72 Å². The normalized spacial score (nSPS) is 12.9. The van der Waals surface area contributed by atoms with Crippen molar-refractivity contribution in [3.05, 3.63) is 81.0 Å². The number of fused-ring (bicyclic) bond motifs is 1. The van der Waals surface area contributed by atoms with Crippen molar-refractivity contribution in [3.63, 3.8) is 0 Å². The Bertz CT molecular complexity index is 1330. The maximum absolute atomic E-state index is 15.3. The predicted octanol–water partition coefficient (Wildman–Crippen LogP) is 4.16. The number of aromatic nitrogens is 1. The third kappa shape index (κ3) is 5.35. The molecule has 1 aromatic carbocycles. The molecule has 3 aromatic rings. The number of alkyl carbamates (subject to hydrolysis) is 1. The standard InChI is InChI=1S/C27H30FN3O5/c1-4-35-26(33)21-14-20(19-10-11-19)23-17(2)24(22(28)15-31(23)25(21)32)30(3)13-12-29-27(34)36-16-18-8-6-5-7-9-18/h5-9,14-15,19H,4,10-13,16H2,1-3H3,(H,29,34). The summed E-state index contributed by atoms with van der Waals surface area (Å²) in [5.74, 6) is -1.10. The van der Waals surface area contributed by atoms with Gasteiger partial charge in [0.05, 0.1) is 24.0 Å². The molecule has 1 fully saturated rings. The first-order valence-corrected chi connectivity index (χ1v) is 12.0. The Morgan fingerprint density at radius 3 is 2.58 bits per heavy atom. The Morgan fingerprint density at radius 2 is 1.92 bits per heavy atom. The van der Waals surface area contributed by atoms with E-state index in [9.17, 15) is 14.4 Å². The fraction of sp³-hybridized carbons (Fsp3) is 0.370. The molecule has 0 spiro atoms. The lowest BCUT2D eigenvalue weighted by Gasteiger charge is -2.24. The van der Waals surface area contributed by atoms with Crippen LogP contribution in [0.2, 0.25) is 0 Å². The van der Waals surface area contributed by atoms with Gasteiger partial charge in [-0.3, -0.25) is 9.20 Å². The Kier molecular flexibility index (Phi) is 7.57. The molecule has 0 saturated heterocycles. The molecule has 0 aliphatic heterocycles. The molecule has 8 nitrogen and oxygen atoms in total. The molecule has 1 aliphatic carbocycles. The number of nitrogens with one attached hydrogen (secondary N) is 1. The second-order valence-electron chi connectivity index (χ2n) is 8.89. The van der Waals surface area contributed by atoms with Crippen LogP contribution in [-0.2, 0) is 16.1 Å². The molecule has 4 rings (SSSR count). The zero-order valence-electron chi connectivity index (χ0n) is 20.7. The second kappa shape index (κ2) is 10.8. The van der Waals surface area contributed by atoms with Crippen LogP contribution in [-0.4, -0.2) is 43.2 Å². The monoisotopic (exact) mass is 495 g/mol. The summed E-state index contributed by atoms with van der Waals surface area (Å²) in [6, 6.07) is 11.0. The Labute approximate surface area is 208 Å². The van der Waals surface area contributed by atoms with Gasteiger partial charge in [0.15, 0.2) is 5.82 Å². The Hall–Kier alpha value is -3.88. The molecule has 1 saturated carbocycles. The number of hydrogen-bond acceptors (Lipinski definition) is 6. The zero-order chi connectivity index (χ0) is 25.8. The minimum atomic E-state index is -0.705. The number of amides is 1. The highest BCUT2D eigenvalue weighted by Gasteiger charge is 2.30. The van der Waals surface area contributed by atoms with Gasteiger partial charge in [0.1, 0.15) is 12.2 Å². The average molecular weight is 496 g/mol. The largest absolute Gasteiger partial charge is 0.462 e. The minimum absolute atomic E-state index is 0.0885. The lowest BCUT2D eigenvalue weighted by molar-refractivity contribution is 0.0524. The first kappa shape index (κ1) is 25.2. The van der Waals surface area contributed by atoms with Crippen molar-refractivity contribution in [2.45, 2.75) is 39.2 Å². The number of aryl methyl sites for hydroxylation is 1. The van der Waals surface area contributed by atoms with Gasteiger partial charge in [-0.1, -0.05) is 30.3 Å². The van der Waals surface area contributed by atoms with E-state index in [4.69, 9.17) is 9.47 Å². The van der Waals surface area contributed by atoms with Crippen LogP contribution in [0.3, 0.4) is 0 Å². The van der Waals surface area contributed by atoms with Crippen molar-refractivity contribution in [3.8, 4) is 0 Å². The lowest BCUT2D eigenvalue weighted by Crippen LogP contribution is -2.34. The van der Waals surface area contributed by atoms with Crippen molar-refractivity contribution in [2.24, 2.45) is 0 Å². The number of nitrogens with zero attached hydrogens (tertiary/aromatic N) is 2. The summed E-state index contributed by atoms with van der Waals surface area (Å²) >= 11 is 0. The lowest BCUT2D eigenvalue weighted by atomic mass is 10.0. The van der Waals surface area contributed by atoms with Gasteiger partial charge in [-0.25, -0.2) is 14.0 Å². The van der Waals surface area contributed by atoms with Crippen molar-refractivity contribution in [1.29, 1.82) is 0 Å². The summed E-state index contributed by atoms with van der Waals surface area (Å²) in [7, 11) is 1.72. The third-order valence-electron chi connectivity index (χ3n) is 6.27. The highest BCUT2D eigenvalue weighted by Crippen LogP contribution is 2.43. The van der Waals surface area contributed by atoms with Gasteiger partial charge in [0.2, 0.25) is 0 Å². The number of carbonyl (C=O) groups is 2. The topological polar surface area (TPSA) is 89.3 Å². The molecule has 2 aromatic heterocycles. The second-order valence-corrected chi connectivity index (χ2v) is 8.89. The van der Waals surface area contributed by atoms with Crippen molar-refractivity contribution < 1.29 is 23.5 Å². The van der Waals surface area contributed by atoms with Crippen LogP contribution >= 0.6 is 0 Å². The fourth-order valence-corrected chi connectivity index (χ4v) is 4.38. The molecule has 190 valence electrons. The summed E-state index contributed by atoms with van der Waals surface area (Å²) in [6.07, 6.45) is 2.45. The smallest absolute Gasteiger partial charge is 0.407 e. The summed E-state index contributed by atoms with van der Waals surface area (Å²) in [5, 5.41) is 2.68. The van der Waals surface area contributed by atoms with Crippen LogP contribution < -0.4 is 15.8 Å². The van der Waals surface area contributed by atoms with E-state index in [0.717, 1.165) is 30.2 Å².